The molecule has 5 heteroatoms. The predicted molar refractivity (Wildman–Crippen MR) is 127 cm³/mol. The minimum absolute atomic E-state index is 0.437. The number of hydrogen-bond donors (Lipinski definition) is 2. The average molecular weight is 402 g/mol. The molecule has 0 fully saturated rings. The van der Waals surface area contributed by atoms with Gasteiger partial charge in [-0.05, 0) is 12.8 Å². The lowest BCUT2D eigenvalue weighted by Crippen LogP contribution is -2.21. The van der Waals surface area contributed by atoms with E-state index in [4.69, 9.17) is 15.7 Å². The molecule has 30 heavy (non-hydrogen) atoms. The van der Waals surface area contributed by atoms with Gasteiger partial charge in [0.2, 0.25) is 0 Å². The molecule has 2 aromatic carbocycles. The molecule has 0 saturated heterocycles. The van der Waals surface area contributed by atoms with Crippen LogP contribution in [0.5, 0.6) is 0 Å². The molecule has 3 rings (SSSR count). The Morgan fingerprint density at radius 3 is 1.97 bits per heavy atom. The predicted octanol–water partition coefficient (Wildman–Crippen LogP) is 5.53. The van der Waals surface area contributed by atoms with Crippen molar-refractivity contribution in [1.82, 2.24) is 9.97 Å². The van der Waals surface area contributed by atoms with Crippen molar-refractivity contribution in [3.8, 4) is 22.5 Å². The Morgan fingerprint density at radius 1 is 0.833 bits per heavy atom. The molecule has 1 aromatic heterocycles. The third-order valence-electron chi connectivity index (χ3n) is 4.85. The summed E-state index contributed by atoms with van der Waals surface area (Å²) in [5, 5.41) is 3.44. The Labute approximate surface area is 179 Å². The largest absolute Gasteiger partial charge is 0.382 e. The van der Waals surface area contributed by atoms with Gasteiger partial charge < -0.3 is 11.1 Å². The number of nitrogens with one attached hydrogen (secondary N) is 1. The van der Waals surface area contributed by atoms with E-state index in [1.54, 1.807) is 0 Å². The second kappa shape index (κ2) is 11.1. The quantitative estimate of drug-likeness (QED) is 0.266. The number of amidine groups is 1. The summed E-state index contributed by atoms with van der Waals surface area (Å²) in [6.07, 6.45) is 4.23. The van der Waals surface area contributed by atoms with Gasteiger partial charge in [0.05, 0.1) is 11.4 Å². The van der Waals surface area contributed by atoms with E-state index in [-0.39, 0.29) is 0 Å². The number of unbranched alkanes of at least 4 members (excludes halogenated alkanes) is 2. The number of nitrogens with two attached hydrogens (primary N) is 1. The molecule has 0 bridgehead atoms. The Kier molecular flexibility index (Phi) is 7.95. The highest BCUT2D eigenvalue weighted by Gasteiger charge is 2.18. The maximum atomic E-state index is 6.38. The van der Waals surface area contributed by atoms with Crippen molar-refractivity contribution in [2.75, 3.05) is 18.4 Å². The van der Waals surface area contributed by atoms with E-state index < -0.39 is 0 Å². The van der Waals surface area contributed by atoms with E-state index in [1.807, 2.05) is 36.4 Å². The molecule has 0 spiro atoms. The highest BCUT2D eigenvalue weighted by atomic mass is 15.1. The Bertz CT molecular complexity index is 952. The van der Waals surface area contributed by atoms with Crippen LogP contribution in [0.4, 0.5) is 5.82 Å². The Hall–Kier alpha value is -3.21. The van der Waals surface area contributed by atoms with Crippen LogP contribution in [0.1, 0.15) is 45.2 Å². The lowest BCUT2D eigenvalue weighted by atomic mass is 10.0. The van der Waals surface area contributed by atoms with Gasteiger partial charge in [-0.25, -0.2) is 9.97 Å². The summed E-state index contributed by atoms with van der Waals surface area (Å²) in [4.78, 5) is 14.6. The summed E-state index contributed by atoms with van der Waals surface area (Å²) >= 11 is 0. The van der Waals surface area contributed by atoms with Crippen molar-refractivity contribution in [3.63, 3.8) is 0 Å². The van der Waals surface area contributed by atoms with Crippen molar-refractivity contribution in [1.29, 1.82) is 0 Å². The molecule has 0 amide bonds. The first-order chi connectivity index (χ1) is 14.7. The fourth-order valence-electron chi connectivity index (χ4n) is 3.15. The summed E-state index contributed by atoms with van der Waals surface area (Å²) in [6.45, 7) is 5.83. The summed E-state index contributed by atoms with van der Waals surface area (Å²) in [5.41, 5.74) is 10.7. The molecule has 0 radical (unpaired) electrons. The van der Waals surface area contributed by atoms with Crippen molar-refractivity contribution < 1.29 is 0 Å². The third kappa shape index (κ3) is 5.44. The zero-order valence-electron chi connectivity index (χ0n) is 17.9. The zero-order chi connectivity index (χ0) is 21.2. The first-order valence-electron chi connectivity index (χ1n) is 10.8. The normalized spacial score (nSPS) is 11.5. The highest BCUT2D eigenvalue weighted by Crippen LogP contribution is 2.31. The van der Waals surface area contributed by atoms with Crippen LogP contribution < -0.4 is 11.1 Å². The number of rotatable bonds is 10. The minimum atomic E-state index is 0.437. The molecule has 0 saturated carbocycles. The molecule has 0 unspecified atom stereocenters. The van der Waals surface area contributed by atoms with E-state index in [1.165, 1.54) is 0 Å². The number of nitrogens with zero attached hydrogens (tertiary/aromatic N) is 3. The molecule has 0 aliphatic rings. The summed E-state index contributed by atoms with van der Waals surface area (Å²) in [6, 6.07) is 20.3. The average Bonchev–Trinajstić information content (AvgIpc) is 2.80. The molecule has 1 heterocycles. The van der Waals surface area contributed by atoms with Crippen LogP contribution in [0, 0.1) is 0 Å². The highest BCUT2D eigenvalue weighted by molar-refractivity contribution is 6.01. The summed E-state index contributed by atoms with van der Waals surface area (Å²) in [5.74, 6) is 1.13. The summed E-state index contributed by atoms with van der Waals surface area (Å²) in [7, 11) is 0. The van der Waals surface area contributed by atoms with Gasteiger partial charge in [0.1, 0.15) is 11.5 Å². The smallest absolute Gasteiger partial charge is 0.156 e. The van der Waals surface area contributed by atoms with Crippen LogP contribution >= 0.6 is 0 Å². The molecular formula is C25H31N5. The van der Waals surface area contributed by atoms with Crippen LogP contribution in [-0.4, -0.2) is 28.9 Å². The number of anilines is 1. The maximum Gasteiger partial charge on any atom is 0.156 e. The molecule has 3 N–H and O–H groups in total. The second-order valence-electron chi connectivity index (χ2n) is 7.25. The second-order valence-corrected chi connectivity index (χ2v) is 7.25. The van der Waals surface area contributed by atoms with Gasteiger partial charge in [0, 0.05) is 24.2 Å². The molecule has 156 valence electrons. The van der Waals surface area contributed by atoms with Crippen molar-refractivity contribution >= 4 is 11.7 Å². The maximum absolute atomic E-state index is 6.38. The van der Waals surface area contributed by atoms with Crippen LogP contribution in [0.25, 0.3) is 22.5 Å². The SMILES string of the molecule is CCCCN=C(N)c1nc(-c2ccccc2)c(-c2ccccc2)nc1NCCCC. The Balaban J connectivity index is 2.16. The fraction of sp³-hybridized carbons (Fsp3) is 0.320. The van der Waals surface area contributed by atoms with Crippen LogP contribution in [-0.2, 0) is 0 Å². The van der Waals surface area contributed by atoms with Gasteiger partial charge in [-0.2, -0.15) is 0 Å². The van der Waals surface area contributed by atoms with Gasteiger partial charge in [0.15, 0.2) is 5.82 Å². The lowest BCUT2D eigenvalue weighted by molar-refractivity contribution is 0.806. The molecule has 5 nitrogen and oxygen atoms in total. The van der Waals surface area contributed by atoms with Crippen LogP contribution in [0.2, 0.25) is 0 Å². The third-order valence-corrected chi connectivity index (χ3v) is 4.85. The molecule has 0 atom stereocenters. The van der Waals surface area contributed by atoms with Crippen molar-refractivity contribution in [2.45, 2.75) is 39.5 Å². The number of benzene rings is 2. The van der Waals surface area contributed by atoms with Crippen molar-refractivity contribution in [2.24, 2.45) is 10.7 Å². The van der Waals surface area contributed by atoms with Crippen LogP contribution in [0.3, 0.4) is 0 Å². The van der Waals surface area contributed by atoms with Gasteiger partial charge >= 0.3 is 0 Å². The molecule has 3 aromatic rings. The van der Waals surface area contributed by atoms with E-state index >= 15 is 0 Å². The first kappa shape index (κ1) is 21.5. The molecule has 0 aliphatic heterocycles. The standard InChI is InChI=1S/C25H31N5/c1-3-5-17-27-24(26)23-25(28-18-6-4-2)30-22(20-15-11-8-12-16-20)21(29-23)19-13-9-7-10-14-19/h7-16H,3-6,17-18H2,1-2H3,(H2,26,27)(H,28,30). The topological polar surface area (TPSA) is 76.2 Å². The van der Waals surface area contributed by atoms with E-state index in [0.717, 1.165) is 54.7 Å². The zero-order valence-corrected chi connectivity index (χ0v) is 17.9. The van der Waals surface area contributed by atoms with Gasteiger partial charge in [-0.15, -0.1) is 0 Å². The van der Waals surface area contributed by atoms with E-state index in [0.29, 0.717) is 23.9 Å². The Morgan fingerprint density at radius 2 is 1.40 bits per heavy atom. The van der Waals surface area contributed by atoms with E-state index in [2.05, 4.69) is 48.4 Å². The first-order valence-corrected chi connectivity index (χ1v) is 10.8. The molecular weight excluding hydrogens is 370 g/mol. The van der Waals surface area contributed by atoms with Gasteiger partial charge in [0.25, 0.3) is 0 Å². The number of aliphatic imine (C=N–C) groups is 1. The molecule has 0 aliphatic carbocycles. The number of hydrogen-bond acceptors (Lipinski definition) is 4. The lowest BCUT2D eigenvalue weighted by Gasteiger charge is -2.16. The minimum Gasteiger partial charge on any atom is -0.382 e. The van der Waals surface area contributed by atoms with Gasteiger partial charge in [-0.1, -0.05) is 87.4 Å². The fourth-order valence-corrected chi connectivity index (χ4v) is 3.15. The van der Waals surface area contributed by atoms with Crippen molar-refractivity contribution in [3.05, 3.63) is 66.4 Å². The van der Waals surface area contributed by atoms with Gasteiger partial charge in [-0.3, -0.25) is 4.99 Å². The summed E-state index contributed by atoms with van der Waals surface area (Å²) < 4.78 is 0. The van der Waals surface area contributed by atoms with E-state index in [9.17, 15) is 0 Å². The number of aromatic nitrogens is 2. The monoisotopic (exact) mass is 401 g/mol. The van der Waals surface area contributed by atoms with Crippen LogP contribution in [0.15, 0.2) is 65.7 Å².